The molecule has 1 atom stereocenters. The molecule has 1 aliphatic rings. The molecule has 7 nitrogen and oxygen atoms in total. The monoisotopic (exact) mass is 394 g/mol. The summed E-state index contributed by atoms with van der Waals surface area (Å²) in [5.41, 5.74) is 2.73. The minimum absolute atomic E-state index is 0.0515. The van der Waals surface area contributed by atoms with Crippen LogP contribution in [-0.2, 0) is 4.79 Å². The second-order valence-electron chi connectivity index (χ2n) is 6.84. The predicted octanol–water partition coefficient (Wildman–Crippen LogP) is 3.03. The summed E-state index contributed by atoms with van der Waals surface area (Å²) in [6.45, 7) is 2.29. The number of methoxy groups -OCH3 is 1. The van der Waals surface area contributed by atoms with Crippen molar-refractivity contribution < 1.29 is 14.3 Å². The predicted molar refractivity (Wildman–Crippen MR) is 112 cm³/mol. The van der Waals surface area contributed by atoms with Crippen molar-refractivity contribution in [2.75, 3.05) is 27.2 Å². The van der Waals surface area contributed by atoms with E-state index in [0.717, 1.165) is 22.6 Å². The zero-order valence-corrected chi connectivity index (χ0v) is 17.0. The van der Waals surface area contributed by atoms with Gasteiger partial charge in [-0.15, -0.1) is 0 Å². The minimum atomic E-state index is -0.284. The fourth-order valence-electron chi connectivity index (χ4n) is 3.29. The van der Waals surface area contributed by atoms with E-state index < -0.39 is 0 Å². The van der Waals surface area contributed by atoms with Gasteiger partial charge in [0.15, 0.2) is 0 Å². The summed E-state index contributed by atoms with van der Waals surface area (Å²) in [6, 6.07) is 17.0. The standard InChI is InChI=1S/C22H26N4O3/c1-4-23-22(28)25(2)15-21(27)26-20(16-9-6-5-7-10-16)14-19(24-26)17-11-8-12-18(13-17)29-3/h5-13,20H,4,14-15H2,1-3H3,(H,23,28). The van der Waals surface area contributed by atoms with Crippen molar-refractivity contribution in [2.45, 2.75) is 19.4 Å². The van der Waals surface area contributed by atoms with E-state index >= 15 is 0 Å². The first-order valence-corrected chi connectivity index (χ1v) is 9.61. The van der Waals surface area contributed by atoms with Gasteiger partial charge in [-0.05, 0) is 24.6 Å². The summed E-state index contributed by atoms with van der Waals surface area (Å²) in [5.74, 6) is 0.507. The third-order valence-corrected chi connectivity index (χ3v) is 4.80. The smallest absolute Gasteiger partial charge is 0.317 e. The highest BCUT2D eigenvalue weighted by atomic mass is 16.5. The molecule has 0 saturated carbocycles. The quantitative estimate of drug-likeness (QED) is 0.818. The van der Waals surface area contributed by atoms with E-state index in [2.05, 4.69) is 10.4 Å². The highest BCUT2D eigenvalue weighted by molar-refractivity contribution is 6.03. The van der Waals surface area contributed by atoms with Crippen LogP contribution in [0.2, 0.25) is 0 Å². The number of hydrogen-bond acceptors (Lipinski definition) is 4. The molecule has 0 spiro atoms. The van der Waals surface area contributed by atoms with Crippen LogP contribution in [0.4, 0.5) is 4.79 Å². The zero-order chi connectivity index (χ0) is 20.8. The van der Waals surface area contributed by atoms with E-state index in [4.69, 9.17) is 4.74 Å². The van der Waals surface area contributed by atoms with Crippen LogP contribution in [0.15, 0.2) is 59.7 Å². The number of likely N-dealkylation sites (N-methyl/N-ethyl adjacent to an activating group) is 1. The Balaban J connectivity index is 1.87. The van der Waals surface area contributed by atoms with E-state index in [1.165, 1.54) is 9.91 Å². The van der Waals surface area contributed by atoms with Gasteiger partial charge in [0.05, 0.1) is 18.9 Å². The molecule has 29 heavy (non-hydrogen) atoms. The van der Waals surface area contributed by atoms with Gasteiger partial charge in [0.25, 0.3) is 5.91 Å². The Kier molecular flexibility index (Phi) is 6.49. The fraction of sp³-hybridized carbons (Fsp3) is 0.318. The first-order valence-electron chi connectivity index (χ1n) is 9.61. The Hall–Kier alpha value is -3.35. The average Bonchev–Trinajstić information content (AvgIpc) is 3.20. The molecule has 0 fully saturated rings. The van der Waals surface area contributed by atoms with Crippen LogP contribution in [0.1, 0.15) is 30.5 Å². The van der Waals surface area contributed by atoms with E-state index in [-0.39, 0.29) is 24.5 Å². The summed E-state index contributed by atoms with van der Waals surface area (Å²) in [6.07, 6.45) is 0.591. The van der Waals surface area contributed by atoms with Gasteiger partial charge >= 0.3 is 6.03 Å². The third-order valence-electron chi connectivity index (χ3n) is 4.80. The summed E-state index contributed by atoms with van der Waals surface area (Å²) in [5, 5.41) is 8.83. The SMILES string of the molecule is CCNC(=O)N(C)CC(=O)N1N=C(c2cccc(OC)c2)CC1c1ccccc1. The topological polar surface area (TPSA) is 74.2 Å². The molecule has 0 aliphatic carbocycles. The maximum Gasteiger partial charge on any atom is 0.317 e. The number of hydrogen-bond donors (Lipinski definition) is 1. The number of carbonyl (C=O) groups excluding carboxylic acids is 2. The number of benzene rings is 2. The number of amides is 3. The number of carbonyl (C=O) groups is 2. The van der Waals surface area contributed by atoms with Crippen molar-refractivity contribution >= 4 is 17.6 Å². The molecular formula is C22H26N4O3. The van der Waals surface area contributed by atoms with E-state index in [0.29, 0.717) is 13.0 Å². The summed E-state index contributed by atoms with van der Waals surface area (Å²) in [4.78, 5) is 26.4. The molecule has 0 radical (unpaired) electrons. The number of nitrogens with zero attached hydrogens (tertiary/aromatic N) is 3. The van der Waals surface area contributed by atoms with Gasteiger partial charge in [0.1, 0.15) is 12.3 Å². The van der Waals surface area contributed by atoms with Crippen LogP contribution in [-0.4, -0.2) is 54.8 Å². The van der Waals surface area contributed by atoms with Gasteiger partial charge in [0.2, 0.25) is 0 Å². The Morgan fingerprint density at radius 3 is 2.66 bits per heavy atom. The summed E-state index contributed by atoms with van der Waals surface area (Å²) >= 11 is 0. The van der Waals surface area contributed by atoms with Crippen molar-refractivity contribution in [2.24, 2.45) is 5.10 Å². The van der Waals surface area contributed by atoms with Crippen LogP contribution in [0, 0.1) is 0 Å². The van der Waals surface area contributed by atoms with Gasteiger partial charge in [-0.1, -0.05) is 42.5 Å². The lowest BCUT2D eigenvalue weighted by molar-refractivity contribution is -0.133. The molecule has 1 heterocycles. The van der Waals surface area contributed by atoms with E-state index in [1.807, 2.05) is 61.5 Å². The zero-order valence-electron chi connectivity index (χ0n) is 17.0. The van der Waals surface area contributed by atoms with Gasteiger partial charge in [0, 0.05) is 25.6 Å². The molecule has 1 unspecified atom stereocenters. The van der Waals surface area contributed by atoms with Crippen LogP contribution in [0.25, 0.3) is 0 Å². The van der Waals surface area contributed by atoms with Crippen molar-refractivity contribution in [1.82, 2.24) is 15.2 Å². The number of nitrogens with one attached hydrogen (secondary N) is 1. The van der Waals surface area contributed by atoms with Crippen LogP contribution < -0.4 is 10.1 Å². The van der Waals surface area contributed by atoms with Crippen LogP contribution in [0.5, 0.6) is 5.75 Å². The highest BCUT2D eigenvalue weighted by Crippen LogP contribution is 2.33. The Morgan fingerprint density at radius 2 is 1.97 bits per heavy atom. The minimum Gasteiger partial charge on any atom is -0.497 e. The molecule has 0 aromatic heterocycles. The summed E-state index contributed by atoms with van der Waals surface area (Å²) < 4.78 is 5.32. The lowest BCUT2D eigenvalue weighted by Crippen LogP contribution is -2.43. The molecule has 1 N–H and O–H groups in total. The first-order chi connectivity index (χ1) is 14.0. The molecular weight excluding hydrogens is 368 g/mol. The van der Waals surface area contributed by atoms with Crippen LogP contribution >= 0.6 is 0 Å². The second kappa shape index (κ2) is 9.23. The normalized spacial score (nSPS) is 15.6. The highest BCUT2D eigenvalue weighted by Gasteiger charge is 2.33. The largest absolute Gasteiger partial charge is 0.497 e. The van der Waals surface area contributed by atoms with Gasteiger partial charge in [-0.25, -0.2) is 9.80 Å². The first kappa shape index (κ1) is 20.4. The molecule has 1 aliphatic heterocycles. The second-order valence-corrected chi connectivity index (χ2v) is 6.84. The maximum atomic E-state index is 13.0. The number of hydrazone groups is 1. The lowest BCUT2D eigenvalue weighted by atomic mass is 9.98. The number of rotatable bonds is 6. The lowest BCUT2D eigenvalue weighted by Gasteiger charge is -2.25. The number of ether oxygens (including phenoxy) is 1. The molecule has 7 heteroatoms. The Morgan fingerprint density at radius 1 is 1.21 bits per heavy atom. The Bertz CT molecular complexity index is 898. The van der Waals surface area contributed by atoms with Gasteiger partial charge in [-0.3, -0.25) is 4.79 Å². The Labute approximate surface area is 171 Å². The third kappa shape index (κ3) is 4.74. The molecule has 2 aromatic rings. The van der Waals surface area contributed by atoms with Gasteiger partial charge in [-0.2, -0.15) is 5.10 Å². The molecule has 3 rings (SSSR count). The van der Waals surface area contributed by atoms with Crippen molar-refractivity contribution in [3.63, 3.8) is 0 Å². The molecule has 0 bridgehead atoms. The van der Waals surface area contributed by atoms with Crippen molar-refractivity contribution in [3.05, 3.63) is 65.7 Å². The fourth-order valence-corrected chi connectivity index (χ4v) is 3.29. The van der Waals surface area contributed by atoms with Crippen LogP contribution in [0.3, 0.4) is 0 Å². The molecule has 152 valence electrons. The molecule has 2 aromatic carbocycles. The molecule has 3 amide bonds. The van der Waals surface area contributed by atoms with Crippen molar-refractivity contribution in [1.29, 1.82) is 0 Å². The number of urea groups is 1. The van der Waals surface area contributed by atoms with Gasteiger partial charge < -0.3 is 15.0 Å². The van der Waals surface area contributed by atoms with Crippen molar-refractivity contribution in [3.8, 4) is 5.75 Å². The van der Waals surface area contributed by atoms with E-state index in [9.17, 15) is 9.59 Å². The van der Waals surface area contributed by atoms with E-state index in [1.54, 1.807) is 14.2 Å². The molecule has 0 saturated heterocycles. The summed E-state index contributed by atoms with van der Waals surface area (Å²) in [7, 11) is 3.22. The average molecular weight is 394 g/mol. The maximum absolute atomic E-state index is 13.0.